The number of halogens is 2. The zero-order valence-corrected chi connectivity index (χ0v) is 20.5. The molecule has 6 nitrogen and oxygen atoms in total. The van der Waals surface area contributed by atoms with Crippen molar-refractivity contribution in [1.29, 1.82) is 0 Å². The van der Waals surface area contributed by atoms with Crippen LogP contribution in [-0.4, -0.2) is 33.5 Å². The van der Waals surface area contributed by atoms with Crippen LogP contribution in [0.5, 0.6) is 5.75 Å². The zero-order valence-electron chi connectivity index (χ0n) is 18.1. The Morgan fingerprint density at radius 3 is 2.94 bits per heavy atom. The number of rotatable bonds is 9. The van der Waals surface area contributed by atoms with Crippen molar-refractivity contribution in [1.82, 2.24) is 9.97 Å². The van der Waals surface area contributed by atoms with Gasteiger partial charge in [-0.25, -0.2) is 14.4 Å². The van der Waals surface area contributed by atoms with Gasteiger partial charge in [-0.3, -0.25) is 4.79 Å². The molecule has 1 amide bonds. The molecule has 1 saturated heterocycles. The number of nitrogens with zero attached hydrogens (tertiary/aromatic N) is 2. The number of benzene rings is 2. The summed E-state index contributed by atoms with van der Waals surface area (Å²) in [6.45, 7) is 2.34. The van der Waals surface area contributed by atoms with Crippen molar-refractivity contribution in [2.75, 3.05) is 23.0 Å². The number of anilines is 3. The van der Waals surface area contributed by atoms with Crippen LogP contribution in [0, 0.1) is 5.82 Å². The molecule has 0 bridgehead atoms. The molecule has 1 fully saturated rings. The number of carbonyl (C=O) groups excluding carboxylic acids is 1. The van der Waals surface area contributed by atoms with Gasteiger partial charge >= 0.3 is 0 Å². The molecule has 1 aromatic heterocycles. The monoisotopic (exact) mass is 506 g/mol. The van der Waals surface area contributed by atoms with Gasteiger partial charge in [0.15, 0.2) is 0 Å². The summed E-state index contributed by atoms with van der Waals surface area (Å²) in [6, 6.07) is 7.94. The Labute approximate surface area is 204 Å². The van der Waals surface area contributed by atoms with E-state index in [-0.39, 0.29) is 10.9 Å². The standard InChI is InChI=1S/C23H24ClFN4O2S2/c1-2-31-21-12-19-16(11-20(21)29-22(30)5-3-4-15-8-9-32-33-15)23(27-13-26-19)28-14-6-7-18(25)17(24)10-14/h6-7,10-13,15H,2-5,8-9H2,1H3,(H,29,30)(H,26,27,28). The second-order valence-corrected chi connectivity index (χ2v) is 10.7. The van der Waals surface area contributed by atoms with Crippen molar-refractivity contribution < 1.29 is 13.9 Å². The minimum atomic E-state index is -0.494. The smallest absolute Gasteiger partial charge is 0.224 e. The molecule has 1 aliphatic heterocycles. The van der Waals surface area contributed by atoms with E-state index >= 15 is 0 Å². The van der Waals surface area contributed by atoms with E-state index in [1.165, 1.54) is 30.6 Å². The number of fused-ring (bicyclic) bond motifs is 1. The predicted octanol–water partition coefficient (Wildman–Crippen LogP) is 6.83. The first-order chi connectivity index (χ1) is 16.0. The summed E-state index contributed by atoms with van der Waals surface area (Å²) in [6.07, 6.45) is 5.00. The third-order valence-corrected chi connectivity index (χ3v) is 8.45. The van der Waals surface area contributed by atoms with Crippen LogP contribution in [-0.2, 0) is 4.79 Å². The second-order valence-electron chi connectivity index (χ2n) is 7.54. The third kappa shape index (κ3) is 6.22. The molecular formula is C23H24ClFN4O2S2. The maximum atomic E-state index is 13.5. The molecular weight excluding hydrogens is 483 g/mol. The fourth-order valence-corrected chi connectivity index (χ4v) is 6.74. The first-order valence-electron chi connectivity index (χ1n) is 10.7. The van der Waals surface area contributed by atoms with Gasteiger partial charge in [-0.2, -0.15) is 0 Å². The summed E-state index contributed by atoms with van der Waals surface area (Å²) in [5.41, 5.74) is 1.80. The first kappa shape index (κ1) is 23.9. The molecule has 2 heterocycles. The molecule has 0 spiro atoms. The molecule has 10 heteroatoms. The van der Waals surface area contributed by atoms with E-state index < -0.39 is 5.82 Å². The van der Waals surface area contributed by atoms with Gasteiger partial charge in [0, 0.05) is 34.6 Å². The molecule has 4 rings (SSSR count). The molecule has 3 aromatic rings. The lowest BCUT2D eigenvalue weighted by atomic mass is 10.1. The van der Waals surface area contributed by atoms with Crippen LogP contribution in [0.4, 0.5) is 21.6 Å². The molecule has 1 atom stereocenters. The average molecular weight is 507 g/mol. The number of ether oxygens (including phenoxy) is 1. The highest BCUT2D eigenvalue weighted by Gasteiger charge is 2.17. The maximum absolute atomic E-state index is 13.5. The van der Waals surface area contributed by atoms with Crippen molar-refractivity contribution in [3.05, 3.63) is 47.5 Å². The molecule has 174 valence electrons. The van der Waals surface area contributed by atoms with Crippen molar-refractivity contribution in [2.24, 2.45) is 0 Å². The Bertz CT molecular complexity index is 1140. The SMILES string of the molecule is CCOc1cc2ncnc(Nc3ccc(F)c(Cl)c3)c2cc1NC(=O)CCCC1CCSS1. The van der Waals surface area contributed by atoms with Gasteiger partial charge in [0.05, 0.1) is 22.8 Å². The van der Waals surface area contributed by atoms with Gasteiger partial charge in [-0.1, -0.05) is 33.2 Å². The van der Waals surface area contributed by atoms with Crippen molar-refractivity contribution in [2.45, 2.75) is 37.9 Å². The van der Waals surface area contributed by atoms with Crippen molar-refractivity contribution in [3.63, 3.8) is 0 Å². The Kier molecular flexibility index (Phi) is 8.16. The van der Waals surface area contributed by atoms with E-state index in [4.69, 9.17) is 16.3 Å². The minimum Gasteiger partial charge on any atom is -0.492 e. The van der Waals surface area contributed by atoms with Gasteiger partial charge in [0.2, 0.25) is 5.91 Å². The Hall–Kier alpha value is -2.23. The van der Waals surface area contributed by atoms with Gasteiger partial charge in [-0.15, -0.1) is 0 Å². The van der Waals surface area contributed by atoms with E-state index in [1.54, 1.807) is 18.2 Å². The molecule has 0 saturated carbocycles. The number of nitrogens with one attached hydrogen (secondary N) is 2. The van der Waals surface area contributed by atoms with E-state index in [0.29, 0.717) is 52.1 Å². The minimum absolute atomic E-state index is 0.0135. The third-order valence-electron chi connectivity index (χ3n) is 5.15. The molecule has 33 heavy (non-hydrogen) atoms. The van der Waals surface area contributed by atoms with Crippen molar-refractivity contribution >= 4 is 67.2 Å². The van der Waals surface area contributed by atoms with Crippen LogP contribution in [0.3, 0.4) is 0 Å². The van der Waals surface area contributed by atoms with Crippen LogP contribution in [0.2, 0.25) is 5.02 Å². The van der Waals surface area contributed by atoms with E-state index in [2.05, 4.69) is 20.6 Å². The Balaban J connectivity index is 1.55. The molecule has 0 radical (unpaired) electrons. The summed E-state index contributed by atoms with van der Waals surface area (Å²) in [5, 5.41) is 7.49. The topological polar surface area (TPSA) is 76.1 Å². The highest BCUT2D eigenvalue weighted by atomic mass is 35.5. The fraction of sp³-hybridized carbons (Fsp3) is 0.348. The van der Waals surface area contributed by atoms with Crippen molar-refractivity contribution in [3.8, 4) is 5.75 Å². The average Bonchev–Trinajstić information content (AvgIpc) is 3.31. The van der Waals surface area contributed by atoms with Crippen LogP contribution in [0.15, 0.2) is 36.7 Å². The van der Waals surface area contributed by atoms with Gasteiger partial charge in [-0.05, 0) is 50.5 Å². The molecule has 1 aliphatic rings. The van der Waals surface area contributed by atoms with Gasteiger partial charge in [0.1, 0.15) is 23.7 Å². The summed E-state index contributed by atoms with van der Waals surface area (Å²) in [4.78, 5) is 21.3. The highest BCUT2D eigenvalue weighted by Crippen LogP contribution is 2.40. The van der Waals surface area contributed by atoms with Crippen LogP contribution in [0.25, 0.3) is 10.9 Å². The maximum Gasteiger partial charge on any atom is 0.224 e. The summed E-state index contributed by atoms with van der Waals surface area (Å²) >= 11 is 5.91. The molecule has 2 N–H and O–H groups in total. The molecule has 0 aliphatic carbocycles. The highest BCUT2D eigenvalue weighted by molar-refractivity contribution is 8.77. The predicted molar refractivity (Wildman–Crippen MR) is 136 cm³/mol. The largest absolute Gasteiger partial charge is 0.492 e. The molecule has 2 aromatic carbocycles. The number of amides is 1. The first-order valence-corrected chi connectivity index (χ1v) is 13.5. The number of hydrogen-bond donors (Lipinski definition) is 2. The summed E-state index contributed by atoms with van der Waals surface area (Å²) in [7, 11) is 3.84. The van der Waals surface area contributed by atoms with Crippen LogP contribution >= 0.6 is 33.2 Å². The normalized spacial score (nSPS) is 15.5. The number of carbonyl (C=O) groups is 1. The lowest BCUT2D eigenvalue weighted by Crippen LogP contribution is -2.13. The van der Waals surface area contributed by atoms with Gasteiger partial charge < -0.3 is 15.4 Å². The van der Waals surface area contributed by atoms with E-state index in [1.807, 2.05) is 28.5 Å². The quantitative estimate of drug-likeness (QED) is 0.308. The van der Waals surface area contributed by atoms with Crippen LogP contribution < -0.4 is 15.4 Å². The van der Waals surface area contributed by atoms with E-state index in [0.717, 1.165) is 12.8 Å². The number of aromatic nitrogens is 2. The summed E-state index contributed by atoms with van der Waals surface area (Å²) < 4.78 is 19.3. The lowest BCUT2D eigenvalue weighted by molar-refractivity contribution is -0.116. The zero-order chi connectivity index (χ0) is 23.2. The Morgan fingerprint density at radius 1 is 1.30 bits per heavy atom. The Morgan fingerprint density at radius 2 is 2.18 bits per heavy atom. The lowest BCUT2D eigenvalue weighted by Gasteiger charge is -2.15. The van der Waals surface area contributed by atoms with Crippen LogP contribution in [0.1, 0.15) is 32.6 Å². The van der Waals surface area contributed by atoms with Gasteiger partial charge in [0.25, 0.3) is 0 Å². The van der Waals surface area contributed by atoms with E-state index in [9.17, 15) is 9.18 Å². The summed E-state index contributed by atoms with van der Waals surface area (Å²) in [5.74, 6) is 1.71. The number of hydrogen-bond acceptors (Lipinski definition) is 7. The second kappa shape index (κ2) is 11.3. The molecule has 1 unspecified atom stereocenters. The fourth-order valence-electron chi connectivity index (χ4n) is 3.53.